The van der Waals surface area contributed by atoms with E-state index < -0.39 is 0 Å². The SMILES string of the molecule is Cc1c(-c2ccccc2)n(-c2ccc(C3(N)CCC3)cc2)c2nc(-c3cn[nH]c3)ncc12. The van der Waals surface area contributed by atoms with Crippen LogP contribution in [0.25, 0.3) is 39.4 Å². The molecular formula is C26H24N6. The van der Waals surface area contributed by atoms with Gasteiger partial charge in [-0.1, -0.05) is 42.5 Å². The number of fused-ring (bicyclic) bond motifs is 1. The summed E-state index contributed by atoms with van der Waals surface area (Å²) in [5.41, 5.74) is 13.8. The molecule has 0 spiro atoms. The molecule has 0 amide bonds. The molecule has 6 heteroatoms. The van der Waals surface area contributed by atoms with Gasteiger partial charge in [0.1, 0.15) is 5.65 Å². The van der Waals surface area contributed by atoms with E-state index in [4.69, 9.17) is 10.7 Å². The summed E-state index contributed by atoms with van der Waals surface area (Å²) in [5, 5.41) is 7.94. The molecule has 0 unspecified atom stereocenters. The van der Waals surface area contributed by atoms with Crippen molar-refractivity contribution in [1.82, 2.24) is 24.7 Å². The summed E-state index contributed by atoms with van der Waals surface area (Å²) >= 11 is 0. The molecule has 1 fully saturated rings. The Morgan fingerprint density at radius 2 is 1.75 bits per heavy atom. The van der Waals surface area contributed by atoms with Crippen LogP contribution in [0.15, 0.2) is 73.2 Å². The third-order valence-corrected chi connectivity index (χ3v) is 6.71. The Labute approximate surface area is 186 Å². The van der Waals surface area contributed by atoms with Gasteiger partial charge in [-0.2, -0.15) is 5.10 Å². The lowest BCUT2D eigenvalue weighted by Gasteiger charge is -2.38. The topological polar surface area (TPSA) is 85.4 Å². The molecular weight excluding hydrogens is 396 g/mol. The number of aromatic nitrogens is 5. The molecule has 1 aliphatic carbocycles. The maximum Gasteiger partial charge on any atom is 0.164 e. The molecule has 3 N–H and O–H groups in total. The molecule has 158 valence electrons. The summed E-state index contributed by atoms with van der Waals surface area (Å²) in [7, 11) is 0. The number of aromatic amines is 1. The van der Waals surface area contributed by atoms with Crippen molar-refractivity contribution in [1.29, 1.82) is 0 Å². The number of hydrogen-bond acceptors (Lipinski definition) is 4. The molecule has 3 heterocycles. The monoisotopic (exact) mass is 420 g/mol. The smallest absolute Gasteiger partial charge is 0.164 e. The van der Waals surface area contributed by atoms with Crippen LogP contribution in [0.1, 0.15) is 30.4 Å². The van der Waals surface area contributed by atoms with E-state index in [1.54, 1.807) is 6.20 Å². The summed E-state index contributed by atoms with van der Waals surface area (Å²) in [4.78, 5) is 9.58. The van der Waals surface area contributed by atoms with Gasteiger partial charge < -0.3 is 5.73 Å². The van der Waals surface area contributed by atoms with E-state index in [9.17, 15) is 0 Å². The fraction of sp³-hybridized carbons (Fsp3) is 0.192. The standard InChI is InChI=1S/C26H24N6/c1-17-22-16-28-24(19-14-29-30-15-19)31-25(22)32(23(17)18-6-3-2-4-7-18)21-10-8-20(9-11-21)26(27)12-5-13-26/h2-4,6-11,14-16H,5,12-13,27H2,1H3,(H,29,30). The van der Waals surface area contributed by atoms with Crippen LogP contribution in [0.4, 0.5) is 0 Å². The van der Waals surface area contributed by atoms with Crippen LogP contribution >= 0.6 is 0 Å². The van der Waals surface area contributed by atoms with Gasteiger partial charge in [-0.05, 0) is 55.0 Å². The molecule has 1 saturated carbocycles. The van der Waals surface area contributed by atoms with Crippen molar-refractivity contribution in [2.45, 2.75) is 31.7 Å². The summed E-state index contributed by atoms with van der Waals surface area (Å²) in [5.74, 6) is 0.650. The van der Waals surface area contributed by atoms with Crippen molar-refractivity contribution in [3.05, 3.63) is 84.3 Å². The van der Waals surface area contributed by atoms with Crippen molar-refractivity contribution in [2.75, 3.05) is 0 Å². The maximum absolute atomic E-state index is 6.57. The van der Waals surface area contributed by atoms with E-state index in [-0.39, 0.29) is 5.54 Å². The first kappa shape index (κ1) is 19.0. The van der Waals surface area contributed by atoms with Gasteiger partial charge in [-0.15, -0.1) is 0 Å². The van der Waals surface area contributed by atoms with Gasteiger partial charge in [-0.25, -0.2) is 9.97 Å². The first-order chi connectivity index (χ1) is 15.6. The normalized spacial score (nSPS) is 15.1. The number of benzene rings is 2. The summed E-state index contributed by atoms with van der Waals surface area (Å²) in [6.07, 6.45) is 8.77. The van der Waals surface area contributed by atoms with Crippen molar-refractivity contribution in [3.8, 4) is 28.3 Å². The molecule has 0 bridgehead atoms. The minimum Gasteiger partial charge on any atom is -0.321 e. The number of nitrogens with one attached hydrogen (secondary N) is 1. The first-order valence-corrected chi connectivity index (χ1v) is 11.0. The second-order valence-electron chi connectivity index (χ2n) is 8.65. The van der Waals surface area contributed by atoms with Crippen molar-refractivity contribution >= 4 is 11.0 Å². The van der Waals surface area contributed by atoms with Crippen molar-refractivity contribution in [2.24, 2.45) is 5.73 Å². The molecule has 32 heavy (non-hydrogen) atoms. The predicted octanol–water partition coefficient (Wildman–Crippen LogP) is 5.12. The maximum atomic E-state index is 6.57. The fourth-order valence-electron chi connectivity index (χ4n) is 4.70. The highest BCUT2D eigenvalue weighted by Gasteiger charge is 2.34. The average Bonchev–Trinajstić information content (AvgIpc) is 3.45. The van der Waals surface area contributed by atoms with Crippen molar-refractivity contribution < 1.29 is 0 Å². The van der Waals surface area contributed by atoms with E-state index in [2.05, 4.69) is 75.2 Å². The number of aryl methyl sites for hydroxylation is 1. The molecule has 0 atom stereocenters. The number of hydrogen-bond donors (Lipinski definition) is 2. The molecule has 0 aliphatic heterocycles. The van der Waals surface area contributed by atoms with E-state index in [0.29, 0.717) is 5.82 Å². The minimum atomic E-state index is -0.175. The second-order valence-corrected chi connectivity index (χ2v) is 8.65. The molecule has 2 aromatic carbocycles. The molecule has 0 saturated heterocycles. The second kappa shape index (κ2) is 7.14. The Morgan fingerprint density at radius 3 is 2.41 bits per heavy atom. The first-order valence-electron chi connectivity index (χ1n) is 11.0. The van der Waals surface area contributed by atoms with E-state index >= 15 is 0 Å². The zero-order chi connectivity index (χ0) is 21.7. The molecule has 0 radical (unpaired) electrons. The zero-order valence-electron chi connectivity index (χ0n) is 17.9. The van der Waals surface area contributed by atoms with Crippen LogP contribution < -0.4 is 5.73 Å². The number of rotatable bonds is 4. The lowest BCUT2D eigenvalue weighted by atomic mass is 9.73. The Hall–Kier alpha value is -3.77. The number of nitrogens with zero attached hydrogens (tertiary/aromatic N) is 4. The van der Waals surface area contributed by atoms with Gasteiger partial charge in [0, 0.05) is 29.0 Å². The highest BCUT2D eigenvalue weighted by Crippen LogP contribution is 2.40. The molecule has 6 nitrogen and oxygen atoms in total. The van der Waals surface area contributed by atoms with Gasteiger partial charge in [0.05, 0.1) is 17.5 Å². The van der Waals surface area contributed by atoms with Crippen LogP contribution in [0.2, 0.25) is 0 Å². The number of H-pyrrole nitrogens is 1. The third-order valence-electron chi connectivity index (χ3n) is 6.71. The summed E-state index contributed by atoms with van der Waals surface area (Å²) in [6.45, 7) is 2.14. The van der Waals surface area contributed by atoms with Gasteiger partial charge in [0.25, 0.3) is 0 Å². The third kappa shape index (κ3) is 2.87. The van der Waals surface area contributed by atoms with Crippen molar-refractivity contribution in [3.63, 3.8) is 0 Å². The lowest BCUT2D eigenvalue weighted by molar-refractivity contribution is 0.253. The van der Waals surface area contributed by atoms with E-state index in [0.717, 1.165) is 51.9 Å². The highest BCUT2D eigenvalue weighted by molar-refractivity contribution is 5.91. The lowest BCUT2D eigenvalue weighted by Crippen LogP contribution is -2.43. The van der Waals surface area contributed by atoms with Crippen LogP contribution in [-0.2, 0) is 5.54 Å². The molecule has 5 aromatic rings. The van der Waals surface area contributed by atoms with E-state index in [1.807, 2.05) is 18.5 Å². The molecule has 6 rings (SSSR count). The highest BCUT2D eigenvalue weighted by atomic mass is 15.1. The van der Waals surface area contributed by atoms with Gasteiger partial charge in [0.15, 0.2) is 5.82 Å². The Morgan fingerprint density at radius 1 is 0.969 bits per heavy atom. The van der Waals surface area contributed by atoms with E-state index in [1.165, 1.54) is 12.0 Å². The van der Waals surface area contributed by atoms with Gasteiger partial charge in [-0.3, -0.25) is 9.67 Å². The van der Waals surface area contributed by atoms with Crippen LogP contribution in [0, 0.1) is 6.92 Å². The van der Waals surface area contributed by atoms with Crippen LogP contribution in [0.3, 0.4) is 0 Å². The zero-order valence-corrected chi connectivity index (χ0v) is 17.9. The Kier molecular flexibility index (Phi) is 4.23. The largest absolute Gasteiger partial charge is 0.321 e. The van der Waals surface area contributed by atoms with Gasteiger partial charge in [0.2, 0.25) is 0 Å². The Bertz CT molecular complexity index is 1390. The summed E-state index contributed by atoms with van der Waals surface area (Å²) < 4.78 is 2.24. The van der Waals surface area contributed by atoms with Gasteiger partial charge >= 0.3 is 0 Å². The number of nitrogens with two attached hydrogens (primary N) is 1. The molecule has 1 aliphatic rings. The van der Waals surface area contributed by atoms with Crippen LogP contribution in [0.5, 0.6) is 0 Å². The fourth-order valence-corrected chi connectivity index (χ4v) is 4.70. The quantitative estimate of drug-likeness (QED) is 0.422. The predicted molar refractivity (Wildman–Crippen MR) is 126 cm³/mol. The molecule has 3 aromatic heterocycles. The Balaban J connectivity index is 1.59. The summed E-state index contributed by atoms with van der Waals surface area (Å²) in [6, 6.07) is 19.1. The van der Waals surface area contributed by atoms with Crippen LogP contribution in [-0.4, -0.2) is 24.7 Å². The minimum absolute atomic E-state index is 0.175. The average molecular weight is 421 g/mol.